The summed E-state index contributed by atoms with van der Waals surface area (Å²) in [6, 6.07) is 3.11. The van der Waals surface area contributed by atoms with Gasteiger partial charge in [0.25, 0.3) is 0 Å². The molecule has 0 atom stereocenters. The molecule has 0 heterocycles. The van der Waals surface area contributed by atoms with E-state index in [0.29, 0.717) is 0 Å². The molecule has 7 heteroatoms. The topological polar surface area (TPSA) is 60.4 Å². The largest absolute Gasteiger partial charge is 0.469 e. The summed E-state index contributed by atoms with van der Waals surface area (Å²) in [5.74, 6) is -1.79. The molecule has 4 nitrogen and oxygen atoms in total. The Kier molecular flexibility index (Phi) is 4.58. The first-order valence-corrected chi connectivity index (χ1v) is 7.39. The number of esters is 1. The molecule has 0 aliphatic rings. The number of carbonyl (C=O) groups is 1. The lowest BCUT2D eigenvalue weighted by Gasteiger charge is -2.21. The lowest BCUT2D eigenvalue weighted by Crippen LogP contribution is -2.33. The summed E-state index contributed by atoms with van der Waals surface area (Å²) in [5.41, 5.74) is -1.20. The Labute approximate surface area is 116 Å². The van der Waals surface area contributed by atoms with Crippen LogP contribution in [0.15, 0.2) is 23.1 Å². The molecule has 0 N–H and O–H groups in total. The third kappa shape index (κ3) is 3.67. The van der Waals surface area contributed by atoms with Gasteiger partial charge in [-0.15, -0.1) is 0 Å². The van der Waals surface area contributed by atoms with Gasteiger partial charge in [0.15, 0.2) is 9.84 Å². The maximum Gasteiger partial charge on any atom is 0.312 e. The van der Waals surface area contributed by atoms with Crippen LogP contribution in [0.1, 0.15) is 13.8 Å². The van der Waals surface area contributed by atoms with E-state index in [4.69, 9.17) is 11.6 Å². The van der Waals surface area contributed by atoms with Crippen molar-refractivity contribution < 1.29 is 22.3 Å². The molecule has 0 aliphatic heterocycles. The van der Waals surface area contributed by atoms with Crippen molar-refractivity contribution in [2.75, 3.05) is 12.9 Å². The smallest absolute Gasteiger partial charge is 0.312 e. The first-order chi connectivity index (χ1) is 8.60. The summed E-state index contributed by atoms with van der Waals surface area (Å²) in [6.07, 6.45) is 0. The molecule has 106 valence electrons. The molecule has 0 saturated heterocycles. The van der Waals surface area contributed by atoms with Crippen LogP contribution in [0.25, 0.3) is 0 Å². The fraction of sp³-hybridized carbons (Fsp3) is 0.417. The molecule has 0 fully saturated rings. The minimum Gasteiger partial charge on any atom is -0.469 e. The van der Waals surface area contributed by atoms with Crippen LogP contribution in [-0.4, -0.2) is 27.2 Å². The number of benzene rings is 1. The van der Waals surface area contributed by atoms with Crippen molar-refractivity contribution in [2.45, 2.75) is 18.7 Å². The van der Waals surface area contributed by atoms with Crippen LogP contribution in [0, 0.1) is 11.2 Å². The van der Waals surface area contributed by atoms with Crippen LogP contribution in [0.5, 0.6) is 0 Å². The predicted octanol–water partition coefficient (Wildman–Crippen LogP) is 2.45. The van der Waals surface area contributed by atoms with Crippen molar-refractivity contribution in [3.8, 4) is 0 Å². The SMILES string of the molecule is COC(=O)C(C)(C)CS(=O)(=O)c1ccc(F)c(Cl)c1. The molecule has 1 aromatic rings. The Morgan fingerprint density at radius 1 is 1.42 bits per heavy atom. The molecule has 1 rings (SSSR count). The lowest BCUT2D eigenvalue weighted by molar-refractivity contribution is -0.149. The minimum absolute atomic E-state index is 0.129. The van der Waals surface area contributed by atoms with Crippen molar-refractivity contribution in [2.24, 2.45) is 5.41 Å². The summed E-state index contributed by atoms with van der Waals surface area (Å²) in [5, 5.41) is -0.281. The van der Waals surface area contributed by atoms with E-state index in [0.717, 1.165) is 18.2 Å². The van der Waals surface area contributed by atoms with Crippen molar-refractivity contribution in [3.63, 3.8) is 0 Å². The van der Waals surface area contributed by atoms with Crippen molar-refractivity contribution >= 4 is 27.4 Å². The van der Waals surface area contributed by atoms with E-state index >= 15 is 0 Å². The quantitative estimate of drug-likeness (QED) is 0.633. The monoisotopic (exact) mass is 308 g/mol. The molecular formula is C12H14ClFO4S. The second-order valence-electron chi connectivity index (χ2n) is 4.71. The van der Waals surface area contributed by atoms with E-state index in [1.54, 1.807) is 0 Å². The van der Waals surface area contributed by atoms with Crippen molar-refractivity contribution in [1.29, 1.82) is 0 Å². The van der Waals surface area contributed by atoms with Crippen LogP contribution < -0.4 is 0 Å². The number of carbonyl (C=O) groups excluding carboxylic acids is 1. The summed E-state index contributed by atoms with van der Waals surface area (Å²) >= 11 is 5.55. The fourth-order valence-electron chi connectivity index (χ4n) is 1.56. The number of ether oxygens (including phenoxy) is 1. The molecule has 0 amide bonds. The number of hydrogen-bond donors (Lipinski definition) is 0. The number of sulfone groups is 1. The van der Waals surface area contributed by atoms with Gasteiger partial charge in [-0.1, -0.05) is 11.6 Å². The first kappa shape index (κ1) is 15.9. The Bertz CT molecular complexity index is 596. The standard InChI is InChI=1S/C12H14ClFO4S/c1-12(2,11(15)18-3)7-19(16,17)8-4-5-10(14)9(13)6-8/h4-6H,7H2,1-3H3. The lowest BCUT2D eigenvalue weighted by atomic mass is 9.97. The second-order valence-corrected chi connectivity index (χ2v) is 7.11. The van der Waals surface area contributed by atoms with E-state index in [1.807, 2.05) is 0 Å². The third-order valence-corrected chi connectivity index (χ3v) is 4.90. The highest BCUT2D eigenvalue weighted by Crippen LogP contribution is 2.26. The molecule has 0 unspecified atom stereocenters. The van der Waals surface area contributed by atoms with Crippen molar-refractivity contribution in [1.82, 2.24) is 0 Å². The molecule has 19 heavy (non-hydrogen) atoms. The zero-order valence-corrected chi connectivity index (χ0v) is 12.3. The minimum atomic E-state index is -3.76. The molecule has 0 aliphatic carbocycles. The van der Waals surface area contributed by atoms with Gasteiger partial charge in [-0.3, -0.25) is 4.79 Å². The van der Waals surface area contributed by atoms with Crippen LogP contribution in [0.2, 0.25) is 5.02 Å². The van der Waals surface area contributed by atoms with Gasteiger partial charge in [0.1, 0.15) is 5.82 Å². The summed E-state index contributed by atoms with van der Waals surface area (Å²) in [4.78, 5) is 11.4. The van der Waals surface area contributed by atoms with E-state index in [9.17, 15) is 17.6 Å². The zero-order chi connectivity index (χ0) is 14.8. The van der Waals surface area contributed by atoms with Gasteiger partial charge < -0.3 is 4.74 Å². The average molecular weight is 309 g/mol. The number of hydrogen-bond acceptors (Lipinski definition) is 4. The van der Waals surface area contributed by atoms with E-state index < -0.39 is 32.8 Å². The Balaban J connectivity index is 3.11. The molecule has 1 aromatic carbocycles. The summed E-state index contributed by atoms with van der Waals surface area (Å²) < 4.78 is 41.8. The maximum absolute atomic E-state index is 13.0. The highest BCUT2D eigenvalue weighted by atomic mass is 35.5. The van der Waals surface area contributed by atoms with Crippen LogP contribution in [-0.2, 0) is 19.4 Å². The Hall–Kier alpha value is -1.14. The molecule has 0 spiro atoms. The van der Waals surface area contributed by atoms with Crippen molar-refractivity contribution in [3.05, 3.63) is 29.0 Å². The Morgan fingerprint density at radius 2 is 2.00 bits per heavy atom. The zero-order valence-electron chi connectivity index (χ0n) is 10.7. The van der Waals surface area contributed by atoms with Gasteiger partial charge in [0, 0.05) is 0 Å². The van der Waals surface area contributed by atoms with E-state index in [1.165, 1.54) is 21.0 Å². The van der Waals surface area contributed by atoms with Gasteiger partial charge >= 0.3 is 5.97 Å². The second kappa shape index (κ2) is 5.46. The molecule has 0 aromatic heterocycles. The van der Waals surface area contributed by atoms with E-state index in [-0.39, 0.29) is 9.92 Å². The first-order valence-electron chi connectivity index (χ1n) is 5.36. The van der Waals surface area contributed by atoms with Gasteiger partial charge in [0.2, 0.25) is 0 Å². The number of rotatable bonds is 4. The van der Waals surface area contributed by atoms with E-state index in [2.05, 4.69) is 4.74 Å². The third-order valence-electron chi connectivity index (χ3n) is 2.54. The molecule has 0 saturated carbocycles. The molecule has 0 radical (unpaired) electrons. The molecule has 0 bridgehead atoms. The van der Waals surface area contributed by atoms with Crippen LogP contribution >= 0.6 is 11.6 Å². The average Bonchev–Trinajstić information content (AvgIpc) is 2.30. The summed E-state index contributed by atoms with van der Waals surface area (Å²) in [7, 11) is -2.58. The highest BCUT2D eigenvalue weighted by molar-refractivity contribution is 7.91. The predicted molar refractivity (Wildman–Crippen MR) is 69.3 cm³/mol. The van der Waals surface area contributed by atoms with Gasteiger partial charge in [-0.05, 0) is 32.0 Å². The fourth-order valence-corrected chi connectivity index (χ4v) is 3.62. The summed E-state index contributed by atoms with van der Waals surface area (Å²) in [6.45, 7) is 2.92. The maximum atomic E-state index is 13.0. The van der Waals surface area contributed by atoms with Crippen LogP contribution in [0.3, 0.4) is 0 Å². The Morgan fingerprint density at radius 3 is 2.47 bits per heavy atom. The number of halogens is 2. The normalized spacial score (nSPS) is 12.3. The highest BCUT2D eigenvalue weighted by Gasteiger charge is 2.35. The van der Waals surface area contributed by atoms with Gasteiger partial charge in [0.05, 0.1) is 28.2 Å². The number of methoxy groups -OCH3 is 1. The molecular weight excluding hydrogens is 295 g/mol. The van der Waals surface area contributed by atoms with Gasteiger partial charge in [-0.25, -0.2) is 12.8 Å². The van der Waals surface area contributed by atoms with Gasteiger partial charge in [-0.2, -0.15) is 0 Å². The van der Waals surface area contributed by atoms with Crippen LogP contribution in [0.4, 0.5) is 4.39 Å².